The molecule has 2 aromatic carbocycles. The Kier molecular flexibility index (Phi) is 3.13. The second-order valence-corrected chi connectivity index (χ2v) is 4.63. The van der Waals surface area contributed by atoms with Crippen LogP contribution in [0.5, 0.6) is 5.75 Å². The minimum absolute atomic E-state index is 0.252. The number of aryl methyl sites for hydroxylation is 1. The van der Waals surface area contributed by atoms with Gasteiger partial charge < -0.3 is 5.11 Å². The number of anilines is 3. The summed E-state index contributed by atoms with van der Waals surface area (Å²) in [5.74, 6) is 1.13. The Hall–Kier alpha value is -2.75. The highest BCUT2D eigenvalue weighted by atomic mass is 16.3. The molecule has 0 aliphatic heterocycles. The smallest absolute Gasteiger partial charge is 0.133 e. The lowest BCUT2D eigenvalue weighted by Crippen LogP contribution is -2.10. The molecule has 0 saturated carbocycles. The van der Waals surface area contributed by atoms with E-state index in [0.717, 1.165) is 17.2 Å². The van der Waals surface area contributed by atoms with Crippen LogP contribution < -0.4 is 4.90 Å². The van der Waals surface area contributed by atoms with Crippen molar-refractivity contribution >= 4 is 17.2 Å². The van der Waals surface area contributed by atoms with Crippen LogP contribution in [0.15, 0.2) is 60.8 Å². The summed E-state index contributed by atoms with van der Waals surface area (Å²) >= 11 is 0. The lowest BCUT2D eigenvalue weighted by Gasteiger charge is -2.23. The van der Waals surface area contributed by atoms with E-state index in [1.165, 1.54) is 5.56 Å². The van der Waals surface area contributed by atoms with Crippen LogP contribution in [0.25, 0.3) is 0 Å². The van der Waals surface area contributed by atoms with Crippen molar-refractivity contribution in [1.82, 2.24) is 10.2 Å². The molecule has 4 heteroatoms. The first-order valence-corrected chi connectivity index (χ1v) is 6.39. The number of benzene rings is 2. The van der Waals surface area contributed by atoms with Crippen molar-refractivity contribution in [3.8, 4) is 5.75 Å². The molecule has 0 aliphatic carbocycles. The average molecular weight is 265 g/mol. The Bertz CT molecular complexity index is 627. The summed E-state index contributed by atoms with van der Waals surface area (Å²) < 4.78 is 0. The van der Waals surface area contributed by atoms with Gasteiger partial charge in [-0.25, -0.2) is 0 Å². The third kappa shape index (κ3) is 2.36. The van der Waals surface area contributed by atoms with Gasteiger partial charge in [0, 0.05) is 17.4 Å². The molecule has 2 N–H and O–H groups in total. The largest absolute Gasteiger partial charge is 0.508 e. The van der Waals surface area contributed by atoms with Crippen molar-refractivity contribution in [3.05, 3.63) is 66.4 Å². The number of nitrogens with zero attached hydrogens (tertiary/aromatic N) is 2. The Labute approximate surface area is 117 Å². The fraction of sp³-hybridized carbons (Fsp3) is 0.0625. The Morgan fingerprint density at radius 1 is 0.900 bits per heavy atom. The fourth-order valence-corrected chi connectivity index (χ4v) is 2.10. The highest BCUT2D eigenvalue weighted by molar-refractivity contribution is 5.74. The molecule has 0 fully saturated rings. The van der Waals surface area contributed by atoms with Gasteiger partial charge in [0.2, 0.25) is 0 Å². The van der Waals surface area contributed by atoms with Gasteiger partial charge in [0.15, 0.2) is 0 Å². The van der Waals surface area contributed by atoms with Gasteiger partial charge in [-0.3, -0.25) is 10.00 Å². The number of hydrogen-bond donors (Lipinski definition) is 2. The third-order valence-corrected chi connectivity index (χ3v) is 3.13. The Balaban J connectivity index is 2.09. The maximum absolute atomic E-state index is 9.44. The van der Waals surface area contributed by atoms with E-state index in [9.17, 15) is 5.11 Å². The summed E-state index contributed by atoms with van der Waals surface area (Å²) in [5.41, 5.74) is 3.20. The topological polar surface area (TPSA) is 52.1 Å². The maximum atomic E-state index is 9.44. The number of hydrogen-bond acceptors (Lipinski definition) is 3. The van der Waals surface area contributed by atoms with Gasteiger partial charge in [-0.15, -0.1) is 0 Å². The number of phenols is 1. The molecule has 0 bridgehead atoms. The molecule has 1 heterocycles. The number of phenolic OH excluding ortho intramolecular Hbond substituents is 1. The predicted octanol–water partition coefficient (Wildman–Crippen LogP) is 3.89. The molecule has 20 heavy (non-hydrogen) atoms. The normalized spacial score (nSPS) is 10.4. The molecule has 1 aromatic heterocycles. The van der Waals surface area contributed by atoms with E-state index in [0.29, 0.717) is 0 Å². The van der Waals surface area contributed by atoms with Crippen LogP contribution in [0.4, 0.5) is 17.2 Å². The third-order valence-electron chi connectivity index (χ3n) is 3.13. The molecule has 0 spiro atoms. The van der Waals surface area contributed by atoms with E-state index >= 15 is 0 Å². The average Bonchev–Trinajstić information content (AvgIpc) is 2.97. The summed E-state index contributed by atoms with van der Waals surface area (Å²) in [6.07, 6.45) is 1.72. The van der Waals surface area contributed by atoms with Crippen molar-refractivity contribution in [2.75, 3.05) is 4.90 Å². The molecule has 0 radical (unpaired) electrons. The lowest BCUT2D eigenvalue weighted by molar-refractivity contribution is 0.475. The van der Waals surface area contributed by atoms with Crippen molar-refractivity contribution in [2.45, 2.75) is 6.92 Å². The van der Waals surface area contributed by atoms with Gasteiger partial charge >= 0.3 is 0 Å². The van der Waals surface area contributed by atoms with Crippen LogP contribution in [0.2, 0.25) is 0 Å². The molecule has 0 atom stereocenters. The van der Waals surface area contributed by atoms with Crippen LogP contribution >= 0.6 is 0 Å². The highest BCUT2D eigenvalue weighted by Gasteiger charge is 2.12. The van der Waals surface area contributed by atoms with Crippen LogP contribution in [-0.4, -0.2) is 15.3 Å². The molecule has 3 rings (SSSR count). The van der Waals surface area contributed by atoms with Gasteiger partial charge in [-0.2, -0.15) is 5.10 Å². The van der Waals surface area contributed by atoms with E-state index in [4.69, 9.17) is 0 Å². The van der Waals surface area contributed by atoms with Crippen molar-refractivity contribution in [1.29, 1.82) is 0 Å². The van der Waals surface area contributed by atoms with Crippen LogP contribution in [0, 0.1) is 6.92 Å². The first-order valence-electron chi connectivity index (χ1n) is 6.39. The van der Waals surface area contributed by atoms with Crippen molar-refractivity contribution < 1.29 is 5.11 Å². The van der Waals surface area contributed by atoms with E-state index in [1.54, 1.807) is 18.3 Å². The SMILES string of the molecule is Cc1ccc(N(c2ccc(O)cc2)c2ccn[nH]2)cc1. The van der Waals surface area contributed by atoms with Gasteiger partial charge in [-0.1, -0.05) is 17.7 Å². The Morgan fingerprint density at radius 3 is 2.05 bits per heavy atom. The summed E-state index contributed by atoms with van der Waals surface area (Å²) in [6.45, 7) is 2.06. The highest BCUT2D eigenvalue weighted by Crippen LogP contribution is 2.33. The van der Waals surface area contributed by atoms with Gasteiger partial charge in [0.25, 0.3) is 0 Å². The van der Waals surface area contributed by atoms with E-state index in [-0.39, 0.29) is 5.75 Å². The van der Waals surface area contributed by atoms with Gasteiger partial charge in [0.05, 0.1) is 6.20 Å². The van der Waals surface area contributed by atoms with E-state index < -0.39 is 0 Å². The summed E-state index contributed by atoms with van der Waals surface area (Å²) in [5, 5.41) is 16.4. The zero-order valence-corrected chi connectivity index (χ0v) is 11.1. The second kappa shape index (κ2) is 5.09. The molecule has 0 unspecified atom stereocenters. The number of aromatic nitrogens is 2. The van der Waals surface area contributed by atoms with Crippen LogP contribution in [0.1, 0.15) is 5.56 Å². The summed E-state index contributed by atoms with van der Waals surface area (Å²) in [7, 11) is 0. The molecule has 4 nitrogen and oxygen atoms in total. The second-order valence-electron chi connectivity index (χ2n) is 4.63. The standard InChI is InChI=1S/C16H15N3O/c1-12-2-4-13(5-3-12)19(16-10-11-17-18-16)14-6-8-15(20)9-7-14/h2-11,20H,1H3,(H,17,18). The van der Waals surface area contributed by atoms with Gasteiger partial charge in [-0.05, 0) is 43.3 Å². The minimum atomic E-state index is 0.252. The zero-order chi connectivity index (χ0) is 13.9. The number of nitrogens with one attached hydrogen (secondary N) is 1. The molecule has 0 aliphatic rings. The molecule has 0 amide bonds. The Morgan fingerprint density at radius 2 is 1.50 bits per heavy atom. The van der Waals surface area contributed by atoms with Crippen molar-refractivity contribution in [2.24, 2.45) is 0 Å². The maximum Gasteiger partial charge on any atom is 0.133 e. The van der Waals surface area contributed by atoms with Crippen LogP contribution in [-0.2, 0) is 0 Å². The molecule has 100 valence electrons. The predicted molar refractivity (Wildman–Crippen MR) is 79.7 cm³/mol. The van der Waals surface area contributed by atoms with Gasteiger partial charge in [0.1, 0.15) is 11.6 Å². The number of aromatic amines is 1. The van der Waals surface area contributed by atoms with Crippen molar-refractivity contribution in [3.63, 3.8) is 0 Å². The van der Waals surface area contributed by atoms with E-state index in [1.807, 2.05) is 23.1 Å². The molecular weight excluding hydrogens is 250 g/mol. The zero-order valence-electron chi connectivity index (χ0n) is 11.1. The quantitative estimate of drug-likeness (QED) is 0.755. The number of aromatic hydroxyl groups is 1. The summed E-state index contributed by atoms with van der Waals surface area (Å²) in [6, 6.07) is 17.3. The number of H-pyrrole nitrogens is 1. The lowest BCUT2D eigenvalue weighted by atomic mass is 10.2. The summed E-state index contributed by atoms with van der Waals surface area (Å²) in [4.78, 5) is 2.05. The first kappa shape index (κ1) is 12.3. The fourth-order valence-electron chi connectivity index (χ4n) is 2.10. The van der Waals surface area contributed by atoms with E-state index in [2.05, 4.69) is 41.4 Å². The number of rotatable bonds is 3. The molecule has 0 saturated heterocycles. The minimum Gasteiger partial charge on any atom is -0.508 e. The first-order chi connectivity index (χ1) is 9.74. The molecule has 3 aromatic rings. The molecular formula is C16H15N3O. The monoisotopic (exact) mass is 265 g/mol. The van der Waals surface area contributed by atoms with Crippen LogP contribution in [0.3, 0.4) is 0 Å².